The van der Waals surface area contributed by atoms with Crippen molar-refractivity contribution in [2.45, 2.75) is 37.9 Å². The van der Waals surface area contributed by atoms with Crippen LogP contribution in [0.3, 0.4) is 0 Å². The Morgan fingerprint density at radius 2 is 1.94 bits per heavy atom. The van der Waals surface area contributed by atoms with Crippen LogP contribution in [0.5, 0.6) is 5.75 Å². The van der Waals surface area contributed by atoms with Gasteiger partial charge in [0.2, 0.25) is 0 Å². The third-order valence-electron chi connectivity index (χ3n) is 6.04. The molecule has 2 amide bonds. The molecule has 2 aliphatic heterocycles. The van der Waals surface area contributed by atoms with E-state index in [1.54, 1.807) is 12.4 Å². The molecule has 2 aliphatic rings. The van der Waals surface area contributed by atoms with Gasteiger partial charge in [0, 0.05) is 28.6 Å². The Morgan fingerprint density at radius 1 is 1.12 bits per heavy atom. The molecule has 2 aromatic carbocycles. The predicted molar refractivity (Wildman–Crippen MR) is 122 cm³/mol. The van der Waals surface area contributed by atoms with Gasteiger partial charge >= 0.3 is 6.03 Å². The molecule has 7 nitrogen and oxygen atoms in total. The van der Waals surface area contributed by atoms with Crippen LogP contribution in [0.2, 0.25) is 10.0 Å². The number of aromatic nitrogens is 3. The zero-order valence-corrected chi connectivity index (χ0v) is 18.9. The highest BCUT2D eigenvalue weighted by Crippen LogP contribution is 2.36. The van der Waals surface area contributed by atoms with E-state index in [0.717, 1.165) is 35.5 Å². The van der Waals surface area contributed by atoms with Crippen molar-refractivity contribution >= 4 is 29.2 Å². The number of hydrogen-bond donors (Lipinski definition) is 1. The second kappa shape index (κ2) is 9.00. The molecular formula is C23H23Cl2N5O2. The van der Waals surface area contributed by atoms with Crippen molar-refractivity contribution in [3.8, 4) is 5.75 Å². The lowest BCUT2D eigenvalue weighted by Gasteiger charge is -2.30. The zero-order chi connectivity index (χ0) is 22.1. The van der Waals surface area contributed by atoms with Crippen LogP contribution in [-0.2, 0) is 6.54 Å². The maximum absolute atomic E-state index is 13.3. The second-order valence-electron chi connectivity index (χ2n) is 8.12. The topological polar surface area (TPSA) is 72.3 Å². The summed E-state index contributed by atoms with van der Waals surface area (Å²) in [6, 6.07) is 12.9. The molecule has 3 aromatic rings. The van der Waals surface area contributed by atoms with E-state index < -0.39 is 0 Å². The second-order valence-corrected chi connectivity index (χ2v) is 8.99. The summed E-state index contributed by atoms with van der Waals surface area (Å²) < 4.78 is 7.73. The Bertz CT molecular complexity index is 1120. The first-order chi connectivity index (χ1) is 15.6. The maximum Gasteiger partial charge on any atom is 0.318 e. The van der Waals surface area contributed by atoms with E-state index in [4.69, 9.17) is 27.9 Å². The van der Waals surface area contributed by atoms with Gasteiger partial charge in [0.1, 0.15) is 12.1 Å². The minimum Gasteiger partial charge on any atom is -0.493 e. The number of carbonyl (C=O) groups is 1. The van der Waals surface area contributed by atoms with Crippen LogP contribution in [0.25, 0.3) is 0 Å². The SMILES string of the molecule is O=C(N[C@H]1CCOc2cc(Cl)ccc21)N1CCC[C@@H]1c1nncn1Cc1ccc(Cl)cc1. The number of rotatable bonds is 4. The van der Waals surface area contributed by atoms with Crippen LogP contribution in [-0.4, -0.2) is 38.8 Å². The highest BCUT2D eigenvalue weighted by molar-refractivity contribution is 6.30. The lowest BCUT2D eigenvalue weighted by atomic mass is 10.0. The summed E-state index contributed by atoms with van der Waals surface area (Å²) in [6.45, 7) is 1.84. The molecule has 0 saturated carbocycles. The summed E-state index contributed by atoms with van der Waals surface area (Å²) in [6.07, 6.45) is 4.21. The summed E-state index contributed by atoms with van der Waals surface area (Å²) in [4.78, 5) is 15.1. The van der Waals surface area contributed by atoms with Gasteiger partial charge in [0.15, 0.2) is 5.82 Å². The molecule has 1 aromatic heterocycles. The Morgan fingerprint density at radius 3 is 2.78 bits per heavy atom. The molecule has 1 saturated heterocycles. The van der Waals surface area contributed by atoms with Crippen molar-refractivity contribution < 1.29 is 9.53 Å². The number of carbonyl (C=O) groups excluding carboxylic acids is 1. The van der Waals surface area contributed by atoms with Crippen LogP contribution in [0.4, 0.5) is 4.79 Å². The molecule has 166 valence electrons. The number of ether oxygens (including phenoxy) is 1. The smallest absolute Gasteiger partial charge is 0.318 e. The summed E-state index contributed by atoms with van der Waals surface area (Å²) in [5.74, 6) is 1.53. The van der Waals surface area contributed by atoms with Gasteiger partial charge in [-0.1, -0.05) is 41.4 Å². The van der Waals surface area contributed by atoms with Crippen LogP contribution in [0, 0.1) is 0 Å². The van der Waals surface area contributed by atoms with Crippen LogP contribution >= 0.6 is 23.2 Å². The molecule has 0 spiro atoms. The first kappa shape index (κ1) is 21.1. The van der Waals surface area contributed by atoms with Crippen molar-refractivity contribution in [3.05, 3.63) is 75.8 Å². The first-order valence-electron chi connectivity index (χ1n) is 10.7. The third kappa shape index (κ3) is 4.27. The average molecular weight is 472 g/mol. The number of likely N-dealkylation sites (tertiary alicyclic amines) is 1. The Labute approximate surface area is 196 Å². The van der Waals surface area contributed by atoms with E-state index in [1.807, 2.05) is 45.9 Å². The molecule has 32 heavy (non-hydrogen) atoms. The predicted octanol–water partition coefficient (Wildman–Crippen LogP) is 5.00. The molecule has 0 radical (unpaired) electrons. The molecule has 3 heterocycles. The number of nitrogens with zero attached hydrogens (tertiary/aromatic N) is 4. The van der Waals surface area contributed by atoms with Gasteiger partial charge in [-0.15, -0.1) is 10.2 Å². The number of hydrogen-bond acceptors (Lipinski definition) is 4. The fraction of sp³-hybridized carbons (Fsp3) is 0.348. The highest BCUT2D eigenvalue weighted by atomic mass is 35.5. The van der Waals surface area contributed by atoms with Crippen LogP contribution in [0.15, 0.2) is 48.8 Å². The minimum absolute atomic E-state index is 0.0960. The van der Waals surface area contributed by atoms with Crippen molar-refractivity contribution in [3.63, 3.8) is 0 Å². The molecule has 2 atom stereocenters. The maximum atomic E-state index is 13.3. The molecule has 1 fully saturated rings. The van der Waals surface area contributed by atoms with Gasteiger partial charge in [0.25, 0.3) is 0 Å². The molecule has 0 aliphatic carbocycles. The van der Waals surface area contributed by atoms with Crippen molar-refractivity contribution in [2.24, 2.45) is 0 Å². The van der Waals surface area contributed by atoms with Crippen LogP contribution in [0.1, 0.15) is 48.3 Å². The summed E-state index contributed by atoms with van der Waals surface area (Å²) in [5.41, 5.74) is 2.05. The fourth-order valence-corrected chi connectivity index (χ4v) is 4.74. The Hall–Kier alpha value is -2.77. The Balaban J connectivity index is 1.32. The summed E-state index contributed by atoms with van der Waals surface area (Å²) in [5, 5.41) is 13.0. The molecule has 5 rings (SSSR count). The van der Waals surface area contributed by atoms with Gasteiger partial charge in [-0.3, -0.25) is 0 Å². The summed E-state index contributed by atoms with van der Waals surface area (Å²) in [7, 11) is 0. The lowest BCUT2D eigenvalue weighted by Crippen LogP contribution is -2.43. The van der Waals surface area contributed by atoms with Crippen LogP contribution < -0.4 is 10.1 Å². The lowest BCUT2D eigenvalue weighted by molar-refractivity contribution is 0.179. The van der Waals surface area contributed by atoms with Gasteiger partial charge in [-0.2, -0.15) is 0 Å². The number of urea groups is 1. The van der Waals surface area contributed by atoms with Gasteiger partial charge in [0.05, 0.1) is 25.2 Å². The van der Waals surface area contributed by atoms with E-state index in [-0.39, 0.29) is 18.1 Å². The van der Waals surface area contributed by atoms with E-state index in [9.17, 15) is 4.79 Å². The average Bonchev–Trinajstić information content (AvgIpc) is 3.44. The third-order valence-corrected chi connectivity index (χ3v) is 6.52. The standard InChI is InChI=1S/C23H23Cl2N5O2/c24-16-5-3-15(4-6-16)13-29-14-26-28-22(29)20-2-1-10-30(20)23(31)27-19-9-11-32-21-12-17(25)7-8-18(19)21/h3-8,12,14,19-20H,1-2,9-11,13H2,(H,27,31)/t19-,20+/m0/s1. The minimum atomic E-state index is -0.116. The zero-order valence-electron chi connectivity index (χ0n) is 17.4. The monoisotopic (exact) mass is 471 g/mol. The molecule has 0 bridgehead atoms. The van der Waals surface area contributed by atoms with Crippen molar-refractivity contribution in [1.29, 1.82) is 0 Å². The number of benzene rings is 2. The van der Waals surface area contributed by atoms with Crippen molar-refractivity contribution in [1.82, 2.24) is 25.0 Å². The summed E-state index contributed by atoms with van der Waals surface area (Å²) >= 11 is 12.1. The number of nitrogens with one attached hydrogen (secondary N) is 1. The Kier molecular flexibility index (Phi) is 5.93. The van der Waals surface area contributed by atoms with E-state index >= 15 is 0 Å². The van der Waals surface area contributed by atoms with E-state index in [0.29, 0.717) is 36.2 Å². The normalized spacial score (nSPS) is 20.0. The highest BCUT2D eigenvalue weighted by Gasteiger charge is 2.35. The van der Waals surface area contributed by atoms with Gasteiger partial charge in [-0.05, 0) is 42.7 Å². The molecule has 0 unspecified atom stereocenters. The molecule has 1 N–H and O–H groups in total. The first-order valence-corrected chi connectivity index (χ1v) is 11.5. The number of fused-ring (bicyclic) bond motifs is 1. The van der Waals surface area contributed by atoms with E-state index in [2.05, 4.69) is 15.5 Å². The van der Waals surface area contributed by atoms with E-state index in [1.165, 1.54) is 0 Å². The largest absolute Gasteiger partial charge is 0.493 e. The molecular weight excluding hydrogens is 449 g/mol. The molecule has 9 heteroatoms. The van der Waals surface area contributed by atoms with Gasteiger partial charge < -0.3 is 19.5 Å². The number of halogens is 2. The van der Waals surface area contributed by atoms with Gasteiger partial charge in [-0.25, -0.2) is 4.79 Å². The fourth-order valence-electron chi connectivity index (χ4n) is 4.45. The van der Waals surface area contributed by atoms with Crippen molar-refractivity contribution in [2.75, 3.05) is 13.2 Å². The quantitative estimate of drug-likeness (QED) is 0.580. The number of amides is 2.